The van der Waals surface area contributed by atoms with Crippen molar-refractivity contribution in [2.45, 2.75) is 31.8 Å². The summed E-state index contributed by atoms with van der Waals surface area (Å²) in [6, 6.07) is 17.0. The van der Waals surface area contributed by atoms with Gasteiger partial charge >= 0.3 is 0 Å². The van der Waals surface area contributed by atoms with Crippen LogP contribution in [0.3, 0.4) is 0 Å². The van der Waals surface area contributed by atoms with Crippen LogP contribution in [0.2, 0.25) is 0 Å². The molecule has 3 rings (SSSR count). The van der Waals surface area contributed by atoms with Crippen molar-refractivity contribution in [3.05, 3.63) is 77.6 Å². The van der Waals surface area contributed by atoms with Gasteiger partial charge in [-0.1, -0.05) is 49.9 Å². The topological polar surface area (TPSA) is 18.5 Å². The molecule has 0 unspecified atom stereocenters. The van der Waals surface area contributed by atoms with Gasteiger partial charge in [0, 0.05) is 12.3 Å². The van der Waals surface area contributed by atoms with E-state index in [2.05, 4.69) is 49.9 Å². The molecule has 0 aromatic heterocycles. The summed E-state index contributed by atoms with van der Waals surface area (Å²) in [5, 5.41) is 0. The number of allylic oxidation sites excluding steroid dienone is 1. The predicted octanol–water partition coefficient (Wildman–Crippen LogP) is 5.02. The van der Waals surface area contributed by atoms with E-state index < -0.39 is 0 Å². The Kier molecular flexibility index (Phi) is 4.19. The van der Waals surface area contributed by atoms with Gasteiger partial charge in [-0.3, -0.25) is 0 Å². The van der Waals surface area contributed by atoms with E-state index in [1.54, 1.807) is 7.11 Å². The minimum atomic E-state index is 0.0480. The highest BCUT2D eigenvalue weighted by Crippen LogP contribution is 2.46. The van der Waals surface area contributed by atoms with Gasteiger partial charge in [-0.25, -0.2) is 0 Å². The largest absolute Gasteiger partial charge is 0.497 e. The minimum absolute atomic E-state index is 0.0480. The lowest BCUT2D eigenvalue weighted by atomic mass is 9.88. The standard InChI is InChI=1S/C20H22O2/c1-4-15-5-7-17(8-6-15)20-19(13-14(2)22-20)16-9-11-18(21-3)12-10-16/h5-12,19-20H,2,4,13H2,1,3H3/t19-,20-/m0/s1. The van der Waals surface area contributed by atoms with Gasteiger partial charge < -0.3 is 9.47 Å². The molecule has 2 atom stereocenters. The monoisotopic (exact) mass is 294 g/mol. The first kappa shape index (κ1) is 14.7. The van der Waals surface area contributed by atoms with Crippen molar-refractivity contribution in [1.29, 1.82) is 0 Å². The molecule has 0 radical (unpaired) electrons. The van der Waals surface area contributed by atoms with Gasteiger partial charge in [0.25, 0.3) is 0 Å². The summed E-state index contributed by atoms with van der Waals surface area (Å²) in [5.41, 5.74) is 3.84. The van der Waals surface area contributed by atoms with Crippen LogP contribution in [0.15, 0.2) is 60.9 Å². The van der Waals surface area contributed by atoms with E-state index >= 15 is 0 Å². The fourth-order valence-corrected chi connectivity index (χ4v) is 3.05. The van der Waals surface area contributed by atoms with Crippen LogP contribution in [0.4, 0.5) is 0 Å². The number of ether oxygens (including phenoxy) is 2. The summed E-state index contributed by atoms with van der Waals surface area (Å²) in [6.45, 7) is 6.20. The maximum Gasteiger partial charge on any atom is 0.130 e. The maximum atomic E-state index is 6.02. The van der Waals surface area contributed by atoms with Crippen LogP contribution in [0, 0.1) is 0 Å². The first-order valence-corrected chi connectivity index (χ1v) is 7.78. The normalized spacial score (nSPS) is 20.7. The van der Waals surface area contributed by atoms with Crippen molar-refractivity contribution in [3.8, 4) is 5.75 Å². The van der Waals surface area contributed by atoms with Crippen LogP contribution in [-0.4, -0.2) is 7.11 Å². The van der Waals surface area contributed by atoms with E-state index in [-0.39, 0.29) is 6.10 Å². The van der Waals surface area contributed by atoms with Crippen molar-refractivity contribution in [3.63, 3.8) is 0 Å². The number of hydrogen-bond donors (Lipinski definition) is 0. The molecule has 1 aliphatic rings. The third-order valence-corrected chi connectivity index (χ3v) is 4.37. The fourth-order valence-electron chi connectivity index (χ4n) is 3.05. The second-order valence-electron chi connectivity index (χ2n) is 5.76. The van der Waals surface area contributed by atoms with Crippen LogP contribution in [0.5, 0.6) is 5.75 Å². The quantitative estimate of drug-likeness (QED) is 0.788. The fraction of sp³-hybridized carbons (Fsp3) is 0.300. The molecule has 2 heteroatoms. The van der Waals surface area contributed by atoms with E-state index in [0.717, 1.165) is 24.4 Å². The lowest BCUT2D eigenvalue weighted by Gasteiger charge is -2.19. The molecule has 22 heavy (non-hydrogen) atoms. The molecule has 0 bridgehead atoms. The Bertz CT molecular complexity index is 583. The van der Waals surface area contributed by atoms with Crippen LogP contribution >= 0.6 is 0 Å². The summed E-state index contributed by atoms with van der Waals surface area (Å²) in [5.74, 6) is 2.06. The zero-order chi connectivity index (χ0) is 15.5. The number of methoxy groups -OCH3 is 1. The average Bonchev–Trinajstić information content (AvgIpc) is 2.97. The lowest BCUT2D eigenvalue weighted by molar-refractivity contribution is 0.152. The van der Waals surface area contributed by atoms with Crippen molar-refractivity contribution < 1.29 is 9.47 Å². The number of rotatable bonds is 4. The van der Waals surface area contributed by atoms with Crippen LogP contribution in [0.25, 0.3) is 0 Å². The van der Waals surface area contributed by atoms with E-state index in [4.69, 9.17) is 9.47 Å². The molecule has 0 N–H and O–H groups in total. The molecule has 1 saturated heterocycles. The molecule has 2 aromatic rings. The van der Waals surface area contributed by atoms with Crippen molar-refractivity contribution >= 4 is 0 Å². The summed E-state index contributed by atoms with van der Waals surface area (Å²) in [7, 11) is 1.69. The third-order valence-electron chi connectivity index (χ3n) is 4.37. The molecule has 114 valence electrons. The van der Waals surface area contributed by atoms with Gasteiger partial charge in [-0.15, -0.1) is 0 Å². The predicted molar refractivity (Wildman–Crippen MR) is 89.1 cm³/mol. The summed E-state index contributed by atoms with van der Waals surface area (Å²) < 4.78 is 11.3. The minimum Gasteiger partial charge on any atom is -0.497 e. The van der Waals surface area contributed by atoms with E-state index in [0.29, 0.717) is 5.92 Å². The summed E-state index contributed by atoms with van der Waals surface area (Å²) >= 11 is 0. The van der Waals surface area contributed by atoms with Crippen molar-refractivity contribution in [2.75, 3.05) is 7.11 Å². The molecular formula is C20H22O2. The molecule has 2 nitrogen and oxygen atoms in total. The zero-order valence-corrected chi connectivity index (χ0v) is 13.2. The number of hydrogen-bond acceptors (Lipinski definition) is 2. The Morgan fingerprint density at radius 2 is 1.68 bits per heavy atom. The van der Waals surface area contributed by atoms with E-state index in [1.807, 2.05) is 12.1 Å². The first-order valence-electron chi connectivity index (χ1n) is 7.78. The van der Waals surface area contributed by atoms with Crippen LogP contribution in [0.1, 0.15) is 42.1 Å². The SMILES string of the molecule is C=C1C[C@@H](c2ccc(OC)cc2)[C@H](c2ccc(CC)cc2)O1. The van der Waals surface area contributed by atoms with E-state index in [9.17, 15) is 0 Å². The second kappa shape index (κ2) is 6.27. The number of benzene rings is 2. The van der Waals surface area contributed by atoms with Gasteiger partial charge in [-0.2, -0.15) is 0 Å². The molecule has 1 aliphatic heterocycles. The highest BCUT2D eigenvalue weighted by atomic mass is 16.5. The Balaban J connectivity index is 1.88. The molecule has 0 amide bonds. The highest BCUT2D eigenvalue weighted by Gasteiger charge is 2.33. The molecule has 0 spiro atoms. The Morgan fingerprint density at radius 3 is 2.27 bits per heavy atom. The van der Waals surface area contributed by atoms with Gasteiger partial charge in [0.05, 0.1) is 12.9 Å². The average molecular weight is 294 g/mol. The molecule has 1 heterocycles. The molecule has 2 aromatic carbocycles. The van der Waals surface area contributed by atoms with E-state index in [1.165, 1.54) is 16.7 Å². The number of aryl methyl sites for hydroxylation is 1. The zero-order valence-electron chi connectivity index (χ0n) is 13.2. The Labute approximate surface area is 132 Å². The highest BCUT2D eigenvalue weighted by molar-refractivity contribution is 5.35. The van der Waals surface area contributed by atoms with Gasteiger partial charge in [0.2, 0.25) is 0 Å². The Hall–Kier alpha value is -2.22. The molecule has 0 aliphatic carbocycles. The molecular weight excluding hydrogens is 272 g/mol. The summed E-state index contributed by atoms with van der Waals surface area (Å²) in [4.78, 5) is 0. The van der Waals surface area contributed by atoms with Gasteiger partial charge in [0.1, 0.15) is 11.9 Å². The second-order valence-corrected chi connectivity index (χ2v) is 5.76. The molecule has 1 fully saturated rings. The van der Waals surface area contributed by atoms with Gasteiger partial charge in [-0.05, 0) is 35.2 Å². The first-order chi connectivity index (χ1) is 10.7. The Morgan fingerprint density at radius 1 is 1.05 bits per heavy atom. The smallest absolute Gasteiger partial charge is 0.130 e. The maximum absolute atomic E-state index is 6.02. The van der Waals surface area contributed by atoms with Crippen molar-refractivity contribution in [2.24, 2.45) is 0 Å². The van der Waals surface area contributed by atoms with Crippen LogP contribution in [-0.2, 0) is 11.2 Å². The van der Waals surface area contributed by atoms with Crippen molar-refractivity contribution in [1.82, 2.24) is 0 Å². The van der Waals surface area contributed by atoms with Gasteiger partial charge in [0.15, 0.2) is 0 Å². The van der Waals surface area contributed by atoms with Crippen LogP contribution < -0.4 is 4.74 Å². The molecule has 0 saturated carbocycles. The third kappa shape index (κ3) is 2.87. The lowest BCUT2D eigenvalue weighted by Crippen LogP contribution is -2.06. The summed E-state index contributed by atoms with van der Waals surface area (Å²) in [6.07, 6.45) is 1.97.